The molecule has 3 N–H and O–H groups in total. The van der Waals surface area contributed by atoms with Crippen molar-refractivity contribution in [3.05, 3.63) is 28.8 Å². The molecule has 26 heavy (non-hydrogen) atoms. The summed E-state index contributed by atoms with van der Waals surface area (Å²) in [6.07, 6.45) is 1.92. The number of sulfone groups is 1. The number of unbranched alkanes of at least 4 members (excludes halogenated alkanes) is 1. The number of hydrogen-bond donors (Lipinski definition) is 3. The normalized spacial score (nSPS) is 26.1. The summed E-state index contributed by atoms with van der Waals surface area (Å²) >= 11 is 6.03. The molecule has 2 aliphatic heterocycles. The van der Waals surface area contributed by atoms with Crippen LogP contribution in [0, 0.1) is 6.92 Å². The Bertz CT molecular complexity index is 827. The number of fused-ring (bicyclic) bond motifs is 1. The van der Waals surface area contributed by atoms with Gasteiger partial charge in [0.1, 0.15) is 0 Å². The molecule has 9 heteroatoms. The Balaban J connectivity index is 1.47. The van der Waals surface area contributed by atoms with Crippen LogP contribution in [0.5, 0.6) is 0 Å². The smallest absolute Gasteiger partial charge is 0.315 e. The minimum Gasteiger partial charge on any atom is -0.332 e. The summed E-state index contributed by atoms with van der Waals surface area (Å²) in [4.78, 5) is 23.5. The van der Waals surface area contributed by atoms with Gasteiger partial charge in [-0.2, -0.15) is 0 Å². The number of rotatable bonds is 6. The first-order valence-corrected chi connectivity index (χ1v) is 10.7. The summed E-state index contributed by atoms with van der Waals surface area (Å²) in [6.45, 7) is 1.84. The van der Waals surface area contributed by atoms with Crippen LogP contribution < -0.4 is 16.0 Å². The first-order chi connectivity index (χ1) is 12.3. The number of anilines is 1. The maximum absolute atomic E-state index is 12.2. The SMILES string of the molecule is Cc1c(Cl)cccc1NC(=O)CCCCC1C2NC(=O)NC2CS1(=O)=O. The van der Waals surface area contributed by atoms with E-state index in [4.69, 9.17) is 11.6 Å². The Morgan fingerprint density at radius 3 is 2.85 bits per heavy atom. The Kier molecular flexibility index (Phi) is 5.43. The third kappa shape index (κ3) is 3.96. The third-order valence-corrected chi connectivity index (χ3v) is 7.69. The molecule has 2 heterocycles. The highest BCUT2D eigenvalue weighted by molar-refractivity contribution is 7.92. The number of benzene rings is 1. The van der Waals surface area contributed by atoms with E-state index in [1.165, 1.54) is 0 Å². The molecule has 2 saturated heterocycles. The fourth-order valence-corrected chi connectivity index (χ4v) is 6.04. The number of halogens is 1. The van der Waals surface area contributed by atoms with E-state index in [2.05, 4.69) is 16.0 Å². The van der Waals surface area contributed by atoms with Crippen molar-refractivity contribution in [2.75, 3.05) is 11.1 Å². The van der Waals surface area contributed by atoms with Gasteiger partial charge in [0.2, 0.25) is 5.91 Å². The zero-order chi connectivity index (χ0) is 18.9. The molecule has 142 valence electrons. The second-order valence-corrected chi connectivity index (χ2v) is 9.50. The predicted molar refractivity (Wildman–Crippen MR) is 100 cm³/mol. The Morgan fingerprint density at radius 1 is 1.31 bits per heavy atom. The molecule has 0 aromatic heterocycles. The first-order valence-electron chi connectivity index (χ1n) is 8.61. The second-order valence-electron chi connectivity index (χ2n) is 6.82. The molecule has 0 aliphatic carbocycles. The van der Waals surface area contributed by atoms with Crippen molar-refractivity contribution < 1.29 is 18.0 Å². The van der Waals surface area contributed by atoms with E-state index in [0.29, 0.717) is 36.4 Å². The fraction of sp³-hybridized carbons (Fsp3) is 0.529. The minimum absolute atomic E-state index is 0.0183. The van der Waals surface area contributed by atoms with Crippen LogP contribution >= 0.6 is 11.6 Å². The van der Waals surface area contributed by atoms with Gasteiger partial charge in [-0.3, -0.25) is 4.79 Å². The van der Waals surface area contributed by atoms with Crippen LogP contribution in [-0.4, -0.2) is 43.4 Å². The van der Waals surface area contributed by atoms with Gasteiger partial charge in [0.05, 0.1) is 23.1 Å². The van der Waals surface area contributed by atoms with Crippen molar-refractivity contribution in [1.82, 2.24) is 10.6 Å². The fourth-order valence-electron chi connectivity index (χ4n) is 3.59. The van der Waals surface area contributed by atoms with E-state index >= 15 is 0 Å². The van der Waals surface area contributed by atoms with Crippen molar-refractivity contribution in [2.24, 2.45) is 0 Å². The van der Waals surface area contributed by atoms with Gasteiger partial charge in [0, 0.05) is 17.1 Å². The maximum Gasteiger partial charge on any atom is 0.315 e. The van der Waals surface area contributed by atoms with Gasteiger partial charge in [-0.15, -0.1) is 0 Å². The Labute approximate surface area is 157 Å². The minimum atomic E-state index is -3.22. The summed E-state index contributed by atoms with van der Waals surface area (Å²) in [5, 5.41) is 8.18. The molecule has 0 radical (unpaired) electrons. The molecule has 7 nitrogen and oxygen atoms in total. The monoisotopic (exact) mass is 399 g/mol. The van der Waals surface area contributed by atoms with Crippen molar-refractivity contribution in [3.8, 4) is 0 Å². The average Bonchev–Trinajstić information content (AvgIpc) is 3.00. The standard InChI is InChI=1S/C17H22ClN3O4S/c1-10-11(18)5-4-6-12(10)19-15(22)8-3-2-7-14-16-13(9-26(14,24)25)20-17(23)21-16/h4-6,13-14,16H,2-3,7-9H2,1H3,(H,19,22)(H2,20,21,23). The quantitative estimate of drug-likeness (QED) is 0.502. The number of hydrogen-bond acceptors (Lipinski definition) is 4. The summed E-state index contributed by atoms with van der Waals surface area (Å²) in [5.41, 5.74) is 1.50. The van der Waals surface area contributed by atoms with Crippen molar-refractivity contribution in [1.29, 1.82) is 0 Å². The number of carbonyl (C=O) groups excluding carboxylic acids is 2. The van der Waals surface area contributed by atoms with Crippen LogP contribution in [0.3, 0.4) is 0 Å². The number of amides is 3. The first kappa shape index (κ1) is 19.0. The largest absolute Gasteiger partial charge is 0.332 e. The lowest BCUT2D eigenvalue weighted by Gasteiger charge is -2.16. The summed E-state index contributed by atoms with van der Waals surface area (Å²) < 4.78 is 24.5. The van der Waals surface area contributed by atoms with E-state index in [0.717, 1.165) is 5.56 Å². The van der Waals surface area contributed by atoms with Gasteiger partial charge in [-0.1, -0.05) is 24.1 Å². The number of carbonyl (C=O) groups is 2. The lowest BCUT2D eigenvalue weighted by Crippen LogP contribution is -2.39. The second kappa shape index (κ2) is 7.44. The molecule has 2 fully saturated rings. The molecule has 2 aliphatic rings. The van der Waals surface area contributed by atoms with Crippen LogP contribution in [0.2, 0.25) is 5.02 Å². The number of urea groups is 1. The van der Waals surface area contributed by atoms with Gasteiger partial charge in [0.15, 0.2) is 9.84 Å². The highest BCUT2D eigenvalue weighted by atomic mass is 35.5. The van der Waals surface area contributed by atoms with Crippen LogP contribution in [-0.2, 0) is 14.6 Å². The topological polar surface area (TPSA) is 104 Å². The summed E-state index contributed by atoms with van der Waals surface area (Å²) in [5.74, 6) is -0.145. The van der Waals surface area contributed by atoms with E-state index in [1.54, 1.807) is 18.2 Å². The zero-order valence-corrected chi connectivity index (χ0v) is 16.0. The van der Waals surface area contributed by atoms with Crippen LogP contribution in [0.4, 0.5) is 10.5 Å². The van der Waals surface area contributed by atoms with Crippen molar-refractivity contribution >= 4 is 39.1 Å². The summed E-state index contributed by atoms with van der Waals surface area (Å²) in [7, 11) is -3.22. The van der Waals surface area contributed by atoms with Crippen LogP contribution in [0.1, 0.15) is 31.2 Å². The van der Waals surface area contributed by atoms with Crippen LogP contribution in [0.25, 0.3) is 0 Å². The molecule has 0 saturated carbocycles. The molecule has 1 aromatic rings. The molecular weight excluding hydrogens is 378 g/mol. The van der Waals surface area contributed by atoms with Gasteiger partial charge in [-0.05, 0) is 37.5 Å². The van der Waals surface area contributed by atoms with E-state index in [1.807, 2.05) is 6.92 Å². The van der Waals surface area contributed by atoms with E-state index < -0.39 is 15.1 Å². The van der Waals surface area contributed by atoms with E-state index in [-0.39, 0.29) is 29.8 Å². The maximum atomic E-state index is 12.2. The van der Waals surface area contributed by atoms with E-state index in [9.17, 15) is 18.0 Å². The van der Waals surface area contributed by atoms with Crippen LogP contribution in [0.15, 0.2) is 18.2 Å². The van der Waals surface area contributed by atoms with Crippen molar-refractivity contribution in [2.45, 2.75) is 49.9 Å². The highest BCUT2D eigenvalue weighted by Gasteiger charge is 2.51. The van der Waals surface area contributed by atoms with Gasteiger partial charge < -0.3 is 16.0 Å². The molecule has 3 unspecified atom stereocenters. The Hall–Kier alpha value is -1.80. The molecule has 3 amide bonds. The lowest BCUT2D eigenvalue weighted by molar-refractivity contribution is -0.116. The Morgan fingerprint density at radius 2 is 2.08 bits per heavy atom. The molecule has 0 spiro atoms. The molecule has 3 atom stereocenters. The molecule has 0 bridgehead atoms. The average molecular weight is 400 g/mol. The predicted octanol–water partition coefficient (Wildman–Crippen LogP) is 1.99. The summed E-state index contributed by atoms with van der Waals surface area (Å²) in [6, 6.07) is 4.31. The van der Waals surface area contributed by atoms with Crippen molar-refractivity contribution in [3.63, 3.8) is 0 Å². The molecule has 1 aromatic carbocycles. The van der Waals surface area contributed by atoms with Gasteiger partial charge in [0.25, 0.3) is 0 Å². The number of nitrogens with one attached hydrogen (secondary N) is 3. The van der Waals surface area contributed by atoms with Gasteiger partial charge >= 0.3 is 6.03 Å². The zero-order valence-electron chi connectivity index (χ0n) is 14.4. The highest BCUT2D eigenvalue weighted by Crippen LogP contribution is 2.28. The third-order valence-electron chi connectivity index (χ3n) is 5.01. The lowest BCUT2D eigenvalue weighted by atomic mass is 10.0. The molecular formula is C17H22ClN3O4S. The van der Waals surface area contributed by atoms with Gasteiger partial charge in [-0.25, -0.2) is 13.2 Å². The molecule has 3 rings (SSSR count).